The first-order valence-electron chi connectivity index (χ1n) is 8.37. The molecule has 0 amide bonds. The van der Waals surface area contributed by atoms with E-state index in [1.165, 1.54) is 11.1 Å². The molecule has 124 valence electrons. The van der Waals surface area contributed by atoms with Gasteiger partial charge in [0.25, 0.3) is 0 Å². The molecule has 0 N–H and O–H groups in total. The van der Waals surface area contributed by atoms with Crippen molar-refractivity contribution in [1.82, 2.24) is 4.98 Å². The number of hydrogen-bond acceptors (Lipinski definition) is 3. The molecule has 2 aromatic carbocycles. The van der Waals surface area contributed by atoms with Gasteiger partial charge in [-0.1, -0.05) is 37.3 Å². The first-order valence-corrected chi connectivity index (χ1v) is 8.37. The summed E-state index contributed by atoms with van der Waals surface area (Å²) in [7, 11) is 3.82. The lowest BCUT2D eigenvalue weighted by atomic mass is 10.0. The first-order chi connectivity index (χ1) is 11.6. The van der Waals surface area contributed by atoms with Gasteiger partial charge in [0.05, 0.1) is 18.7 Å². The van der Waals surface area contributed by atoms with Crippen molar-refractivity contribution in [3.63, 3.8) is 0 Å². The predicted octanol–water partition coefficient (Wildman–Crippen LogP) is 5.14. The summed E-state index contributed by atoms with van der Waals surface area (Å²) in [6.45, 7) is 4.34. The van der Waals surface area contributed by atoms with Gasteiger partial charge >= 0.3 is 0 Å². The molecular weight excluding hydrogens is 296 g/mol. The molecule has 3 aromatic rings. The molecule has 3 nitrogen and oxygen atoms in total. The molecule has 0 aliphatic carbocycles. The second kappa shape index (κ2) is 6.91. The van der Waals surface area contributed by atoms with Crippen molar-refractivity contribution in [2.45, 2.75) is 26.3 Å². The van der Waals surface area contributed by atoms with E-state index in [2.05, 4.69) is 68.3 Å². The second-order valence-electron chi connectivity index (χ2n) is 6.13. The fraction of sp³-hybridized carbons (Fsp3) is 0.286. The minimum Gasteiger partial charge on any atom is -0.497 e. The minimum absolute atomic E-state index is 0.314. The van der Waals surface area contributed by atoms with Crippen molar-refractivity contribution in [1.29, 1.82) is 0 Å². The highest BCUT2D eigenvalue weighted by molar-refractivity contribution is 5.85. The van der Waals surface area contributed by atoms with Crippen LogP contribution in [0.25, 0.3) is 10.9 Å². The number of benzene rings is 2. The number of hydrogen-bond donors (Lipinski definition) is 0. The maximum Gasteiger partial charge on any atom is 0.129 e. The van der Waals surface area contributed by atoms with E-state index in [0.717, 1.165) is 28.9 Å². The standard InChI is InChI=1S/C21H24N2O/c1-5-20(16-9-7-6-8-10-16)23(3)21-13-15(2)18-14-17(24-4)11-12-19(18)22-21/h6-14,20H,5H2,1-4H3. The Balaban J connectivity index is 2.02. The summed E-state index contributed by atoms with van der Waals surface area (Å²) in [5, 5.41) is 1.14. The van der Waals surface area contributed by atoms with Gasteiger partial charge in [-0.2, -0.15) is 0 Å². The lowest BCUT2D eigenvalue weighted by molar-refractivity contribution is 0.415. The third-order valence-corrected chi connectivity index (χ3v) is 4.61. The highest BCUT2D eigenvalue weighted by atomic mass is 16.5. The summed E-state index contributed by atoms with van der Waals surface area (Å²) >= 11 is 0. The van der Waals surface area contributed by atoms with Crippen molar-refractivity contribution in [3.05, 3.63) is 65.7 Å². The fourth-order valence-corrected chi connectivity index (χ4v) is 3.23. The van der Waals surface area contributed by atoms with Crippen LogP contribution in [0.1, 0.15) is 30.5 Å². The predicted molar refractivity (Wildman–Crippen MR) is 101 cm³/mol. The Morgan fingerprint density at radius 2 is 1.83 bits per heavy atom. The number of aromatic nitrogens is 1. The molecule has 0 bridgehead atoms. The quantitative estimate of drug-likeness (QED) is 0.651. The van der Waals surface area contributed by atoms with E-state index in [1.54, 1.807) is 7.11 Å². The zero-order chi connectivity index (χ0) is 17.1. The Bertz CT molecular complexity index is 830. The lowest BCUT2D eigenvalue weighted by Gasteiger charge is -2.29. The van der Waals surface area contributed by atoms with E-state index in [1.807, 2.05) is 12.1 Å². The van der Waals surface area contributed by atoms with Crippen LogP contribution in [-0.4, -0.2) is 19.1 Å². The molecule has 0 aliphatic rings. The van der Waals surface area contributed by atoms with Gasteiger partial charge in [0.1, 0.15) is 11.6 Å². The van der Waals surface area contributed by atoms with Gasteiger partial charge in [0.15, 0.2) is 0 Å². The van der Waals surface area contributed by atoms with E-state index < -0.39 is 0 Å². The molecule has 0 saturated heterocycles. The maximum absolute atomic E-state index is 5.33. The van der Waals surface area contributed by atoms with Crippen LogP contribution in [0.2, 0.25) is 0 Å². The normalized spacial score (nSPS) is 12.2. The molecule has 1 unspecified atom stereocenters. The van der Waals surface area contributed by atoms with Crippen molar-refractivity contribution >= 4 is 16.7 Å². The van der Waals surface area contributed by atoms with Crippen molar-refractivity contribution < 1.29 is 4.74 Å². The van der Waals surface area contributed by atoms with Crippen LogP contribution >= 0.6 is 0 Å². The van der Waals surface area contributed by atoms with Gasteiger partial charge in [-0.3, -0.25) is 0 Å². The highest BCUT2D eigenvalue weighted by Gasteiger charge is 2.17. The average molecular weight is 320 g/mol. The molecule has 0 spiro atoms. The van der Waals surface area contributed by atoms with Crippen LogP contribution in [0.5, 0.6) is 5.75 Å². The van der Waals surface area contributed by atoms with Crippen LogP contribution in [0.4, 0.5) is 5.82 Å². The Hall–Kier alpha value is -2.55. The monoisotopic (exact) mass is 320 g/mol. The molecule has 1 aromatic heterocycles. The van der Waals surface area contributed by atoms with E-state index >= 15 is 0 Å². The first kappa shape index (κ1) is 16.3. The van der Waals surface area contributed by atoms with E-state index in [-0.39, 0.29) is 0 Å². The van der Waals surface area contributed by atoms with Gasteiger partial charge in [-0.05, 0) is 48.7 Å². The van der Waals surface area contributed by atoms with Gasteiger partial charge in [-0.25, -0.2) is 4.98 Å². The third kappa shape index (κ3) is 3.07. The Morgan fingerprint density at radius 3 is 2.50 bits per heavy atom. The number of nitrogens with zero attached hydrogens (tertiary/aromatic N) is 2. The summed E-state index contributed by atoms with van der Waals surface area (Å²) in [5.74, 6) is 1.87. The number of pyridine rings is 1. The molecule has 1 atom stereocenters. The van der Waals surface area contributed by atoms with Gasteiger partial charge in [-0.15, -0.1) is 0 Å². The van der Waals surface area contributed by atoms with Crippen molar-refractivity contribution in [2.75, 3.05) is 19.1 Å². The zero-order valence-electron chi connectivity index (χ0n) is 14.8. The van der Waals surface area contributed by atoms with E-state index in [9.17, 15) is 0 Å². The summed E-state index contributed by atoms with van der Waals surface area (Å²) in [5.41, 5.74) is 3.53. The van der Waals surface area contributed by atoms with E-state index in [4.69, 9.17) is 9.72 Å². The average Bonchev–Trinajstić information content (AvgIpc) is 2.62. The van der Waals surface area contributed by atoms with Crippen LogP contribution in [0, 0.1) is 6.92 Å². The molecule has 24 heavy (non-hydrogen) atoms. The van der Waals surface area contributed by atoms with Crippen LogP contribution in [-0.2, 0) is 0 Å². The maximum atomic E-state index is 5.33. The van der Waals surface area contributed by atoms with Crippen molar-refractivity contribution in [2.24, 2.45) is 0 Å². The molecule has 1 heterocycles. The molecule has 3 heteroatoms. The Morgan fingerprint density at radius 1 is 1.08 bits per heavy atom. The summed E-state index contributed by atoms with van der Waals surface area (Å²) in [4.78, 5) is 7.15. The van der Waals surface area contributed by atoms with Gasteiger partial charge < -0.3 is 9.64 Å². The largest absolute Gasteiger partial charge is 0.497 e. The number of ether oxygens (including phenoxy) is 1. The number of aryl methyl sites for hydroxylation is 1. The van der Waals surface area contributed by atoms with Crippen LogP contribution < -0.4 is 9.64 Å². The number of rotatable bonds is 5. The number of anilines is 1. The lowest BCUT2D eigenvalue weighted by Crippen LogP contribution is -2.24. The topological polar surface area (TPSA) is 25.4 Å². The summed E-state index contributed by atoms with van der Waals surface area (Å²) in [6.07, 6.45) is 1.03. The SMILES string of the molecule is CCC(c1ccccc1)N(C)c1cc(C)c2cc(OC)ccc2n1. The van der Waals surface area contributed by atoms with Crippen molar-refractivity contribution in [3.8, 4) is 5.75 Å². The number of fused-ring (bicyclic) bond motifs is 1. The summed E-state index contributed by atoms with van der Waals surface area (Å²) < 4.78 is 5.33. The van der Waals surface area contributed by atoms with E-state index in [0.29, 0.717) is 6.04 Å². The molecule has 3 rings (SSSR count). The minimum atomic E-state index is 0.314. The highest BCUT2D eigenvalue weighted by Crippen LogP contribution is 2.31. The number of methoxy groups -OCH3 is 1. The second-order valence-corrected chi connectivity index (χ2v) is 6.13. The van der Waals surface area contributed by atoms with Gasteiger partial charge in [0.2, 0.25) is 0 Å². The molecule has 0 radical (unpaired) electrons. The van der Waals surface area contributed by atoms with Crippen LogP contribution in [0.3, 0.4) is 0 Å². The molecular formula is C21H24N2O. The molecule has 0 saturated carbocycles. The Labute approximate surface area is 143 Å². The van der Waals surface area contributed by atoms with Crippen LogP contribution in [0.15, 0.2) is 54.6 Å². The van der Waals surface area contributed by atoms with Gasteiger partial charge in [0, 0.05) is 12.4 Å². The molecule has 0 fully saturated rings. The summed E-state index contributed by atoms with van der Waals surface area (Å²) in [6, 6.07) is 19.1. The fourth-order valence-electron chi connectivity index (χ4n) is 3.23. The zero-order valence-corrected chi connectivity index (χ0v) is 14.8. The molecule has 0 aliphatic heterocycles. The third-order valence-electron chi connectivity index (χ3n) is 4.61. The smallest absolute Gasteiger partial charge is 0.129 e. The Kier molecular flexibility index (Phi) is 4.70.